The number of rotatable bonds is 7. The Bertz CT molecular complexity index is 1550. The number of aromatic nitrogens is 7. The number of anilines is 2. The van der Waals surface area contributed by atoms with Gasteiger partial charge in [-0.05, 0) is 60.6 Å². The van der Waals surface area contributed by atoms with Crippen molar-refractivity contribution in [3.8, 4) is 0 Å². The van der Waals surface area contributed by atoms with Gasteiger partial charge in [0.15, 0.2) is 11.6 Å². The molecule has 7 rings (SSSR count). The van der Waals surface area contributed by atoms with Crippen LogP contribution in [0.15, 0.2) is 66.0 Å². The largest absolute Gasteiger partial charge is 0.327 e. The molecule has 1 saturated carbocycles. The Morgan fingerprint density at radius 1 is 1.21 bits per heavy atom. The lowest BCUT2D eigenvalue weighted by Gasteiger charge is -2.24. The zero-order valence-electron chi connectivity index (χ0n) is 20.5. The summed E-state index contributed by atoms with van der Waals surface area (Å²) in [6.07, 6.45) is 11.6. The van der Waals surface area contributed by atoms with Gasteiger partial charge in [-0.1, -0.05) is 6.07 Å². The van der Waals surface area contributed by atoms with Gasteiger partial charge in [0.05, 0.1) is 18.6 Å². The highest BCUT2D eigenvalue weighted by molar-refractivity contribution is 6.07. The Morgan fingerprint density at radius 2 is 2.13 bits per heavy atom. The lowest BCUT2D eigenvalue weighted by atomic mass is 10.0. The van der Waals surface area contributed by atoms with Crippen molar-refractivity contribution in [3.05, 3.63) is 72.5 Å². The van der Waals surface area contributed by atoms with Crippen LogP contribution in [0.3, 0.4) is 0 Å². The standard InChI is InChI=1S/C26H25FN10O/c27-23-6-3-16(11-29-23)8-22(38)21-10-19(37-15-28-14-31-37)13-35(21)26-33-25(20-2-1-7-36(20)34-26)32-24-9-18(12-30-24)17-4-5-17/h1-3,6-7,9,11,14-15,17,19,21H,4-5,8,10,12-13H2,(H,30,32,33,34)/t19-,21-/m0/s1. The van der Waals surface area contributed by atoms with Gasteiger partial charge in [0.25, 0.3) is 0 Å². The maximum absolute atomic E-state index is 13.6. The number of nitrogens with zero attached hydrogens (tertiary/aromatic N) is 9. The van der Waals surface area contributed by atoms with Crippen molar-refractivity contribution in [2.45, 2.75) is 37.8 Å². The van der Waals surface area contributed by atoms with Gasteiger partial charge in [0, 0.05) is 25.4 Å². The molecule has 0 amide bonds. The van der Waals surface area contributed by atoms with Crippen LogP contribution >= 0.6 is 0 Å². The Balaban J connectivity index is 1.21. The maximum atomic E-state index is 13.6. The number of carbonyl (C=O) groups excluding carboxylic acids is 1. The van der Waals surface area contributed by atoms with E-state index in [1.807, 2.05) is 23.2 Å². The molecule has 4 aromatic rings. The Hall–Kier alpha value is -4.48. The van der Waals surface area contributed by atoms with Gasteiger partial charge in [0.2, 0.25) is 11.9 Å². The van der Waals surface area contributed by atoms with Crippen molar-refractivity contribution in [3.63, 3.8) is 0 Å². The number of fused-ring (bicyclic) bond motifs is 1. The summed E-state index contributed by atoms with van der Waals surface area (Å²) in [4.78, 5) is 32.8. The molecule has 12 heteroatoms. The summed E-state index contributed by atoms with van der Waals surface area (Å²) in [5.41, 5.74) is 2.84. The number of halogens is 1. The fourth-order valence-electron chi connectivity index (χ4n) is 5.25. The molecule has 0 radical (unpaired) electrons. The minimum absolute atomic E-state index is 0.0242. The average Bonchev–Trinajstić information content (AvgIpc) is 3.39. The Morgan fingerprint density at radius 3 is 2.92 bits per heavy atom. The molecule has 2 aliphatic heterocycles. The number of amidine groups is 1. The molecule has 1 N–H and O–H groups in total. The first-order valence-electron chi connectivity index (χ1n) is 12.7. The molecule has 1 aliphatic carbocycles. The fraction of sp³-hybridized carbons (Fsp3) is 0.346. The van der Waals surface area contributed by atoms with E-state index in [9.17, 15) is 9.18 Å². The molecular formula is C26H25FN10O. The Kier molecular flexibility index (Phi) is 5.45. The molecule has 11 nitrogen and oxygen atoms in total. The molecule has 2 atom stereocenters. The molecule has 38 heavy (non-hydrogen) atoms. The van der Waals surface area contributed by atoms with Crippen molar-refractivity contribution >= 4 is 28.9 Å². The van der Waals surface area contributed by atoms with Gasteiger partial charge >= 0.3 is 0 Å². The van der Waals surface area contributed by atoms with Gasteiger partial charge < -0.3 is 10.2 Å². The topological polar surface area (TPSA) is 118 Å². The summed E-state index contributed by atoms with van der Waals surface area (Å²) in [6, 6.07) is 6.13. The minimum Gasteiger partial charge on any atom is -0.327 e. The second kappa shape index (κ2) is 9.12. The molecule has 6 heterocycles. The summed E-state index contributed by atoms with van der Waals surface area (Å²) < 4.78 is 16.8. The predicted octanol–water partition coefficient (Wildman–Crippen LogP) is 2.65. The average molecular weight is 513 g/mol. The van der Waals surface area contributed by atoms with Crippen LogP contribution in [0.1, 0.15) is 30.9 Å². The van der Waals surface area contributed by atoms with Gasteiger partial charge in [-0.25, -0.2) is 19.2 Å². The number of nitrogens with one attached hydrogen (secondary N) is 1. The molecule has 0 aromatic carbocycles. The van der Waals surface area contributed by atoms with Crippen LogP contribution in [0.2, 0.25) is 0 Å². The third kappa shape index (κ3) is 4.31. The summed E-state index contributed by atoms with van der Waals surface area (Å²) in [5.74, 6) is 1.91. The van der Waals surface area contributed by atoms with E-state index in [4.69, 9.17) is 10.1 Å². The van der Waals surface area contributed by atoms with E-state index in [0.717, 1.165) is 17.9 Å². The van der Waals surface area contributed by atoms with Crippen LogP contribution in [0.4, 0.5) is 16.2 Å². The molecule has 0 spiro atoms. The van der Waals surface area contributed by atoms with Crippen LogP contribution < -0.4 is 10.2 Å². The zero-order chi connectivity index (χ0) is 25.6. The second-order valence-electron chi connectivity index (χ2n) is 9.98. The molecule has 2 fully saturated rings. The summed E-state index contributed by atoms with van der Waals surface area (Å²) in [6.45, 7) is 1.21. The zero-order valence-corrected chi connectivity index (χ0v) is 20.5. The van der Waals surface area contributed by atoms with E-state index in [-0.39, 0.29) is 18.2 Å². The van der Waals surface area contributed by atoms with E-state index in [2.05, 4.69) is 31.5 Å². The number of Topliss-reactive ketones (excluding diaryl/α,β-unsaturated/α-hetero) is 1. The van der Waals surface area contributed by atoms with Gasteiger partial charge in [-0.15, -0.1) is 5.10 Å². The third-order valence-electron chi connectivity index (χ3n) is 7.37. The maximum Gasteiger partial charge on any atom is 0.246 e. The molecule has 1 saturated heterocycles. The normalized spacial score (nSPS) is 21.1. The highest BCUT2D eigenvalue weighted by Crippen LogP contribution is 2.38. The van der Waals surface area contributed by atoms with Crippen molar-refractivity contribution in [1.82, 2.24) is 34.3 Å². The lowest BCUT2D eigenvalue weighted by Crippen LogP contribution is -2.38. The van der Waals surface area contributed by atoms with Gasteiger partial charge in [-0.2, -0.15) is 14.5 Å². The van der Waals surface area contributed by atoms with E-state index in [1.54, 1.807) is 21.6 Å². The lowest BCUT2D eigenvalue weighted by molar-refractivity contribution is -0.119. The van der Waals surface area contributed by atoms with Crippen molar-refractivity contribution in [1.29, 1.82) is 0 Å². The first kappa shape index (κ1) is 22.7. The summed E-state index contributed by atoms with van der Waals surface area (Å²) in [5, 5.41) is 12.4. The number of pyridine rings is 1. The van der Waals surface area contributed by atoms with Crippen LogP contribution in [0.5, 0.6) is 0 Å². The van der Waals surface area contributed by atoms with Crippen LogP contribution in [0, 0.1) is 11.9 Å². The van der Waals surface area contributed by atoms with Crippen LogP contribution in [-0.4, -0.2) is 65.1 Å². The molecule has 4 aromatic heterocycles. The molecule has 3 aliphatic rings. The van der Waals surface area contributed by atoms with E-state index in [1.165, 1.54) is 37.0 Å². The number of hydrogen-bond acceptors (Lipinski definition) is 9. The summed E-state index contributed by atoms with van der Waals surface area (Å²) >= 11 is 0. The van der Waals surface area contributed by atoms with Crippen LogP contribution in [0.25, 0.3) is 5.52 Å². The van der Waals surface area contributed by atoms with Gasteiger partial charge in [0.1, 0.15) is 24.0 Å². The highest BCUT2D eigenvalue weighted by atomic mass is 19.1. The quantitative estimate of drug-likeness (QED) is 0.376. The number of ketones is 1. The first-order valence-corrected chi connectivity index (χ1v) is 12.7. The van der Waals surface area contributed by atoms with Crippen molar-refractivity contribution < 1.29 is 9.18 Å². The number of hydrogen-bond donors (Lipinski definition) is 1. The predicted molar refractivity (Wildman–Crippen MR) is 137 cm³/mol. The van der Waals surface area contributed by atoms with Crippen molar-refractivity contribution in [2.24, 2.45) is 10.9 Å². The summed E-state index contributed by atoms with van der Waals surface area (Å²) in [7, 11) is 0. The molecular weight excluding hydrogens is 487 g/mol. The third-order valence-corrected chi connectivity index (χ3v) is 7.37. The molecule has 0 unspecified atom stereocenters. The molecule has 192 valence electrons. The van der Waals surface area contributed by atoms with Crippen LogP contribution in [-0.2, 0) is 11.2 Å². The Labute approximate surface area is 217 Å². The first-order chi connectivity index (χ1) is 18.6. The SMILES string of the molecule is O=C(Cc1ccc(F)nc1)[C@@H]1C[C@H](n2cncn2)CN1c1nc(NC2=NCC(C3CC3)=C2)c2cccn2n1. The monoisotopic (exact) mass is 512 g/mol. The van der Waals surface area contributed by atoms with E-state index >= 15 is 0 Å². The second-order valence-corrected chi connectivity index (χ2v) is 9.98. The highest BCUT2D eigenvalue weighted by Gasteiger charge is 2.40. The number of carbonyl (C=O) groups is 1. The van der Waals surface area contributed by atoms with Gasteiger partial charge in [-0.3, -0.25) is 9.79 Å². The fourth-order valence-corrected chi connectivity index (χ4v) is 5.25. The van der Waals surface area contributed by atoms with E-state index in [0.29, 0.717) is 36.2 Å². The van der Waals surface area contributed by atoms with E-state index < -0.39 is 12.0 Å². The molecule has 0 bridgehead atoms. The van der Waals surface area contributed by atoms with Crippen molar-refractivity contribution in [2.75, 3.05) is 23.3 Å². The number of aliphatic imine (C=N–C) groups is 1. The minimum atomic E-state index is -0.575. The smallest absolute Gasteiger partial charge is 0.246 e.